The number of halogens is 3. The van der Waals surface area contributed by atoms with Crippen molar-refractivity contribution in [2.45, 2.75) is 12.5 Å². The van der Waals surface area contributed by atoms with Gasteiger partial charge in [0, 0.05) is 24.8 Å². The van der Waals surface area contributed by atoms with Crippen molar-refractivity contribution in [2.75, 3.05) is 32.5 Å². The van der Waals surface area contributed by atoms with Crippen LogP contribution in [0.15, 0.2) is 24.3 Å². The first kappa shape index (κ1) is 15.6. The first-order valence-electron chi connectivity index (χ1n) is 5.69. The van der Waals surface area contributed by atoms with Crippen molar-refractivity contribution in [1.82, 2.24) is 4.90 Å². The molecule has 0 radical (unpaired) electrons. The van der Waals surface area contributed by atoms with Gasteiger partial charge in [0.15, 0.2) is 0 Å². The first-order valence-corrected chi connectivity index (χ1v) is 5.69. The molecule has 0 aromatic heterocycles. The van der Waals surface area contributed by atoms with Crippen LogP contribution < -0.4 is 10.1 Å². The Morgan fingerprint density at radius 1 is 1.37 bits per heavy atom. The average Bonchev–Trinajstić information content (AvgIpc) is 2.23. The fourth-order valence-corrected chi connectivity index (χ4v) is 1.52. The maximum Gasteiger partial charge on any atom is 0.573 e. The van der Waals surface area contributed by atoms with Crippen molar-refractivity contribution < 1.29 is 23.0 Å². The summed E-state index contributed by atoms with van der Waals surface area (Å²) in [6.07, 6.45) is -5.31. The van der Waals surface area contributed by atoms with Crippen molar-refractivity contribution >= 4 is 5.69 Å². The fraction of sp³-hybridized carbons (Fsp3) is 0.500. The summed E-state index contributed by atoms with van der Waals surface area (Å²) in [5, 5.41) is 12.5. The second-order valence-electron chi connectivity index (χ2n) is 4.37. The van der Waals surface area contributed by atoms with E-state index in [0.29, 0.717) is 12.2 Å². The summed E-state index contributed by atoms with van der Waals surface area (Å²) in [6.45, 7) is 0.708. The Morgan fingerprint density at radius 3 is 2.63 bits per heavy atom. The molecule has 2 N–H and O–H groups in total. The molecule has 1 unspecified atom stereocenters. The number of hydrogen-bond donors (Lipinski definition) is 2. The molecule has 19 heavy (non-hydrogen) atoms. The van der Waals surface area contributed by atoms with Gasteiger partial charge < -0.3 is 20.1 Å². The van der Waals surface area contributed by atoms with Crippen molar-refractivity contribution in [3.63, 3.8) is 0 Å². The van der Waals surface area contributed by atoms with E-state index in [1.54, 1.807) is 6.07 Å². The van der Waals surface area contributed by atoms with E-state index in [-0.39, 0.29) is 12.3 Å². The van der Waals surface area contributed by atoms with E-state index < -0.39 is 12.5 Å². The Morgan fingerprint density at radius 2 is 2.05 bits per heavy atom. The smallest absolute Gasteiger partial charge is 0.406 e. The van der Waals surface area contributed by atoms with E-state index >= 15 is 0 Å². The molecule has 0 amide bonds. The minimum atomic E-state index is -4.71. The summed E-state index contributed by atoms with van der Waals surface area (Å²) in [6, 6.07) is 5.50. The van der Waals surface area contributed by atoms with Crippen LogP contribution >= 0.6 is 0 Å². The van der Waals surface area contributed by atoms with Gasteiger partial charge in [0.05, 0.1) is 6.10 Å². The van der Waals surface area contributed by atoms with Crippen molar-refractivity contribution in [2.24, 2.45) is 0 Å². The van der Waals surface area contributed by atoms with Gasteiger partial charge in [0.1, 0.15) is 5.75 Å². The van der Waals surface area contributed by atoms with Gasteiger partial charge in [0.25, 0.3) is 0 Å². The van der Waals surface area contributed by atoms with Crippen LogP contribution in [-0.2, 0) is 0 Å². The summed E-state index contributed by atoms with van der Waals surface area (Å²) in [5.74, 6) is -0.292. The summed E-state index contributed by atoms with van der Waals surface area (Å²) in [4.78, 5) is 1.82. The van der Waals surface area contributed by atoms with E-state index in [9.17, 15) is 18.3 Å². The van der Waals surface area contributed by atoms with Gasteiger partial charge in [-0.2, -0.15) is 0 Å². The summed E-state index contributed by atoms with van der Waals surface area (Å²) >= 11 is 0. The average molecular weight is 278 g/mol. The fourth-order valence-electron chi connectivity index (χ4n) is 1.52. The lowest BCUT2D eigenvalue weighted by Crippen LogP contribution is -2.31. The van der Waals surface area contributed by atoms with E-state index in [1.165, 1.54) is 18.2 Å². The number of alkyl halides is 3. The van der Waals surface area contributed by atoms with Gasteiger partial charge >= 0.3 is 6.36 Å². The highest BCUT2D eigenvalue weighted by Gasteiger charge is 2.31. The SMILES string of the molecule is CN(C)CC(O)CNc1cccc(OC(F)(F)F)c1. The number of likely N-dealkylation sites (N-methyl/N-ethyl adjacent to an activating group) is 1. The molecule has 0 saturated heterocycles. The number of benzene rings is 1. The molecule has 1 aromatic rings. The number of nitrogens with zero attached hydrogens (tertiary/aromatic N) is 1. The third-order valence-corrected chi connectivity index (χ3v) is 2.19. The Kier molecular flexibility index (Phi) is 5.44. The second kappa shape index (κ2) is 6.63. The lowest BCUT2D eigenvalue weighted by atomic mass is 10.2. The maximum atomic E-state index is 12.0. The predicted molar refractivity (Wildman–Crippen MR) is 66.2 cm³/mol. The first-order chi connectivity index (χ1) is 8.76. The third-order valence-electron chi connectivity index (χ3n) is 2.19. The molecule has 1 aromatic carbocycles. The summed E-state index contributed by atoms with van der Waals surface area (Å²) < 4.78 is 39.9. The van der Waals surface area contributed by atoms with Gasteiger partial charge in [0.2, 0.25) is 0 Å². The van der Waals surface area contributed by atoms with Crippen LogP contribution in [-0.4, -0.2) is 49.7 Å². The quantitative estimate of drug-likeness (QED) is 0.834. The van der Waals surface area contributed by atoms with E-state index in [1.807, 2.05) is 19.0 Å². The van der Waals surface area contributed by atoms with Gasteiger partial charge in [-0.1, -0.05) is 6.07 Å². The molecule has 0 fully saturated rings. The Labute approximate surface area is 109 Å². The second-order valence-corrected chi connectivity index (χ2v) is 4.37. The number of nitrogens with one attached hydrogen (secondary N) is 1. The van der Waals surface area contributed by atoms with E-state index in [0.717, 1.165) is 0 Å². The Hall–Kier alpha value is -1.47. The van der Waals surface area contributed by atoms with Gasteiger partial charge in [-0.25, -0.2) is 0 Å². The molecule has 0 bridgehead atoms. The van der Waals surface area contributed by atoms with Crippen LogP contribution in [0.2, 0.25) is 0 Å². The molecule has 0 aliphatic carbocycles. The predicted octanol–water partition coefficient (Wildman–Crippen LogP) is 1.92. The molecule has 0 saturated carbocycles. The highest BCUT2D eigenvalue weighted by atomic mass is 19.4. The monoisotopic (exact) mass is 278 g/mol. The molecule has 4 nitrogen and oxygen atoms in total. The zero-order valence-corrected chi connectivity index (χ0v) is 10.7. The van der Waals surface area contributed by atoms with Crippen molar-refractivity contribution in [1.29, 1.82) is 0 Å². The van der Waals surface area contributed by atoms with Crippen LogP contribution in [0.4, 0.5) is 18.9 Å². The molecule has 0 aliphatic rings. The maximum absolute atomic E-state index is 12.0. The van der Waals surface area contributed by atoms with Crippen molar-refractivity contribution in [3.05, 3.63) is 24.3 Å². The Balaban J connectivity index is 2.53. The molecule has 0 heterocycles. The molecule has 0 aliphatic heterocycles. The summed E-state index contributed by atoms with van der Waals surface area (Å²) in [7, 11) is 3.64. The Bertz CT molecular complexity index is 397. The number of anilines is 1. The van der Waals surface area contributed by atoms with Gasteiger partial charge in [-0.15, -0.1) is 13.2 Å². The number of aliphatic hydroxyl groups excluding tert-OH is 1. The van der Waals surface area contributed by atoms with Crippen LogP contribution in [0.1, 0.15) is 0 Å². The molecule has 0 spiro atoms. The van der Waals surface area contributed by atoms with Crippen molar-refractivity contribution in [3.8, 4) is 5.75 Å². The van der Waals surface area contributed by atoms with Crippen LogP contribution in [0.3, 0.4) is 0 Å². The lowest BCUT2D eigenvalue weighted by Gasteiger charge is -2.17. The molecular formula is C12H17F3N2O2. The summed E-state index contributed by atoms with van der Waals surface area (Å²) in [5.41, 5.74) is 0.458. The zero-order chi connectivity index (χ0) is 14.5. The highest BCUT2D eigenvalue weighted by Crippen LogP contribution is 2.24. The normalized spacial score (nSPS) is 13.4. The molecule has 108 valence electrons. The number of ether oxygens (including phenoxy) is 1. The van der Waals surface area contributed by atoms with Crippen LogP contribution in [0.5, 0.6) is 5.75 Å². The molecule has 1 atom stereocenters. The van der Waals surface area contributed by atoms with E-state index in [4.69, 9.17) is 0 Å². The molecule has 7 heteroatoms. The van der Waals surface area contributed by atoms with Gasteiger partial charge in [-0.3, -0.25) is 0 Å². The van der Waals surface area contributed by atoms with Gasteiger partial charge in [-0.05, 0) is 26.2 Å². The minimum Gasteiger partial charge on any atom is -0.406 e. The van der Waals surface area contributed by atoms with Crippen LogP contribution in [0, 0.1) is 0 Å². The number of rotatable bonds is 6. The standard InChI is InChI=1S/C12H17F3N2O2/c1-17(2)8-10(18)7-16-9-4-3-5-11(6-9)19-12(13,14)15/h3-6,10,16,18H,7-8H2,1-2H3. The van der Waals surface area contributed by atoms with Crippen LogP contribution in [0.25, 0.3) is 0 Å². The highest BCUT2D eigenvalue weighted by molar-refractivity contribution is 5.48. The topological polar surface area (TPSA) is 44.7 Å². The third kappa shape index (κ3) is 6.88. The lowest BCUT2D eigenvalue weighted by molar-refractivity contribution is -0.274. The number of hydrogen-bond acceptors (Lipinski definition) is 4. The zero-order valence-electron chi connectivity index (χ0n) is 10.7. The number of aliphatic hydroxyl groups is 1. The molecule has 1 rings (SSSR count). The molecular weight excluding hydrogens is 261 g/mol. The minimum absolute atomic E-state index is 0.244. The van der Waals surface area contributed by atoms with E-state index in [2.05, 4.69) is 10.1 Å². The largest absolute Gasteiger partial charge is 0.573 e.